The maximum atomic E-state index is 14.1. The summed E-state index contributed by atoms with van der Waals surface area (Å²) in [6.45, 7) is 1.67. The monoisotopic (exact) mass is 616 g/mol. The summed E-state index contributed by atoms with van der Waals surface area (Å²) in [5, 5.41) is 15.7. The number of aliphatic hydroxyl groups excluding tert-OH is 1. The maximum Gasteiger partial charge on any atom is 0.293 e. The molecule has 1 aromatic heterocycles. The lowest BCUT2D eigenvalue weighted by molar-refractivity contribution is -0.199. The minimum atomic E-state index is -3.32. The Kier molecular flexibility index (Phi) is 7.50. The summed E-state index contributed by atoms with van der Waals surface area (Å²) < 4.78 is 66.9. The van der Waals surface area contributed by atoms with Crippen LogP contribution in [0.25, 0.3) is 0 Å². The fraction of sp³-hybridized carbons (Fsp3) is 0.500. The maximum absolute atomic E-state index is 14.1. The van der Waals surface area contributed by atoms with Gasteiger partial charge in [-0.1, -0.05) is 11.6 Å². The Labute approximate surface area is 238 Å². The largest absolute Gasteiger partial charge is 0.376 e. The molecule has 5 rings (SSSR count). The second kappa shape index (κ2) is 10.4. The third-order valence-corrected chi connectivity index (χ3v) is 9.86. The highest BCUT2D eigenvalue weighted by Gasteiger charge is 2.62. The van der Waals surface area contributed by atoms with Gasteiger partial charge < -0.3 is 20.3 Å². The van der Waals surface area contributed by atoms with Gasteiger partial charge in [0.2, 0.25) is 0 Å². The number of carbonyl (C=O) groups excluding carboxylic acids is 3. The van der Waals surface area contributed by atoms with Gasteiger partial charge in [-0.15, -0.1) is 0 Å². The third-order valence-electron chi connectivity index (χ3n) is 7.97. The molecule has 1 saturated carbocycles. The molecule has 2 aromatic rings. The zero-order chi connectivity index (χ0) is 29.9. The smallest absolute Gasteiger partial charge is 0.293 e. The number of halogens is 4. The quantitative estimate of drug-likeness (QED) is 0.321. The van der Waals surface area contributed by atoms with E-state index in [0.29, 0.717) is 25.1 Å². The second-order valence-corrected chi connectivity index (χ2v) is 13.6. The van der Waals surface area contributed by atoms with Gasteiger partial charge in [0.15, 0.2) is 9.84 Å². The Balaban J connectivity index is 1.39. The standard InChI is InChI=1S/C26H28ClF3N4O6S/c1-14-19(18-3-2-6-34(18)20(14)22(36)31-15-4-5-17(28)16(27)11-15)21(35)23(37)32-25(12-26(29,30)13-25)24(38)33-7-9-41(39,40)10-8-33/h4-5,11,24,38H,2-3,6-10,12-13H2,1H3,(H,31,36)(H,32,37). The van der Waals surface area contributed by atoms with Gasteiger partial charge in [-0.2, -0.15) is 0 Å². The van der Waals surface area contributed by atoms with Crippen molar-refractivity contribution < 1.29 is 41.1 Å². The summed E-state index contributed by atoms with van der Waals surface area (Å²) in [7, 11) is -3.32. The van der Waals surface area contributed by atoms with Gasteiger partial charge in [0, 0.05) is 43.9 Å². The number of benzene rings is 1. The fourth-order valence-corrected chi connectivity index (χ4v) is 7.41. The van der Waals surface area contributed by atoms with Crippen molar-refractivity contribution in [1.29, 1.82) is 0 Å². The Morgan fingerprint density at radius 3 is 2.39 bits per heavy atom. The van der Waals surface area contributed by atoms with Crippen LogP contribution in [0.15, 0.2) is 18.2 Å². The van der Waals surface area contributed by atoms with Crippen molar-refractivity contribution in [3.8, 4) is 0 Å². The molecule has 1 aromatic carbocycles. The topological polar surface area (TPSA) is 138 Å². The van der Waals surface area contributed by atoms with Crippen molar-refractivity contribution in [2.24, 2.45) is 0 Å². The van der Waals surface area contributed by atoms with Crippen LogP contribution in [-0.2, 0) is 27.6 Å². The van der Waals surface area contributed by atoms with E-state index in [1.807, 2.05) is 0 Å². The van der Waals surface area contributed by atoms with E-state index in [9.17, 15) is 41.1 Å². The predicted octanol–water partition coefficient (Wildman–Crippen LogP) is 2.30. The van der Waals surface area contributed by atoms with Gasteiger partial charge >= 0.3 is 0 Å². The van der Waals surface area contributed by atoms with Gasteiger partial charge in [0.25, 0.3) is 23.5 Å². The van der Waals surface area contributed by atoms with Crippen molar-refractivity contribution >= 4 is 44.7 Å². The number of amides is 2. The van der Waals surface area contributed by atoms with Crippen LogP contribution in [0, 0.1) is 12.7 Å². The normalized spacial score (nSPS) is 21.4. The highest BCUT2D eigenvalue weighted by Crippen LogP contribution is 2.48. The van der Waals surface area contributed by atoms with Crippen molar-refractivity contribution in [3.05, 3.63) is 51.6 Å². The van der Waals surface area contributed by atoms with Crippen LogP contribution in [0.3, 0.4) is 0 Å². The van der Waals surface area contributed by atoms with Crippen molar-refractivity contribution in [1.82, 2.24) is 14.8 Å². The number of sulfone groups is 1. The number of nitrogens with one attached hydrogen (secondary N) is 2. The molecule has 0 spiro atoms. The van der Waals surface area contributed by atoms with Gasteiger partial charge in [-0.25, -0.2) is 21.6 Å². The molecule has 1 unspecified atom stereocenters. The molecule has 1 aliphatic carbocycles. The van der Waals surface area contributed by atoms with Crippen LogP contribution < -0.4 is 10.6 Å². The molecular weight excluding hydrogens is 589 g/mol. The van der Waals surface area contributed by atoms with Crippen LogP contribution in [0.1, 0.15) is 51.4 Å². The highest BCUT2D eigenvalue weighted by molar-refractivity contribution is 7.91. The van der Waals surface area contributed by atoms with Crippen LogP contribution >= 0.6 is 11.6 Å². The van der Waals surface area contributed by atoms with E-state index in [-0.39, 0.29) is 52.1 Å². The minimum Gasteiger partial charge on any atom is -0.376 e. The zero-order valence-electron chi connectivity index (χ0n) is 22.0. The Hall–Kier alpha value is -2.94. The first kappa shape index (κ1) is 29.5. The van der Waals surface area contributed by atoms with Crippen LogP contribution in [-0.4, -0.2) is 82.9 Å². The summed E-state index contributed by atoms with van der Waals surface area (Å²) in [6.07, 6.45) is -2.51. The number of hydrogen-bond acceptors (Lipinski definition) is 7. The Morgan fingerprint density at radius 1 is 1.12 bits per heavy atom. The summed E-state index contributed by atoms with van der Waals surface area (Å²) in [6, 6.07) is 3.64. The van der Waals surface area contributed by atoms with Crippen LogP contribution in [0.2, 0.25) is 5.02 Å². The molecule has 15 heteroatoms. The first-order valence-corrected chi connectivity index (χ1v) is 15.2. The molecule has 3 aliphatic rings. The molecule has 0 bridgehead atoms. The lowest BCUT2D eigenvalue weighted by atomic mass is 9.71. The van der Waals surface area contributed by atoms with Crippen LogP contribution in [0.5, 0.6) is 0 Å². The van der Waals surface area contributed by atoms with E-state index in [1.54, 1.807) is 4.57 Å². The van der Waals surface area contributed by atoms with Gasteiger partial charge in [-0.05, 0) is 43.5 Å². The lowest BCUT2D eigenvalue weighted by Crippen LogP contribution is -2.73. The summed E-state index contributed by atoms with van der Waals surface area (Å²) in [5.41, 5.74) is -0.904. The van der Waals surface area contributed by atoms with Gasteiger partial charge in [-0.3, -0.25) is 19.3 Å². The second-order valence-electron chi connectivity index (χ2n) is 10.8. The zero-order valence-corrected chi connectivity index (χ0v) is 23.5. The Morgan fingerprint density at radius 2 is 1.78 bits per heavy atom. The molecular formula is C26H28ClF3N4O6S. The molecule has 3 N–H and O–H groups in total. The number of aliphatic hydroxyl groups is 1. The van der Waals surface area contributed by atoms with Crippen molar-refractivity contribution in [2.75, 3.05) is 29.9 Å². The molecule has 1 saturated heterocycles. The number of aromatic nitrogens is 1. The number of anilines is 1. The highest BCUT2D eigenvalue weighted by atomic mass is 35.5. The number of nitrogens with zero attached hydrogens (tertiary/aromatic N) is 2. The van der Waals surface area contributed by atoms with Gasteiger partial charge in [0.1, 0.15) is 17.7 Å². The van der Waals surface area contributed by atoms with Gasteiger partial charge in [0.05, 0.1) is 27.6 Å². The van der Waals surface area contributed by atoms with E-state index in [2.05, 4.69) is 10.6 Å². The number of carbonyl (C=O) groups is 3. The molecule has 10 nitrogen and oxygen atoms in total. The minimum absolute atomic E-state index is 0.0259. The molecule has 2 aliphatic heterocycles. The number of hydrogen-bond donors (Lipinski definition) is 3. The lowest BCUT2D eigenvalue weighted by Gasteiger charge is -2.53. The molecule has 0 radical (unpaired) electrons. The summed E-state index contributed by atoms with van der Waals surface area (Å²) in [5.74, 6) is -7.27. The average Bonchev–Trinajstić information content (AvgIpc) is 3.43. The molecule has 3 heterocycles. The van der Waals surface area contributed by atoms with E-state index in [0.717, 1.165) is 6.07 Å². The molecule has 1 atom stereocenters. The van der Waals surface area contributed by atoms with Crippen molar-refractivity contribution in [3.63, 3.8) is 0 Å². The summed E-state index contributed by atoms with van der Waals surface area (Å²) >= 11 is 5.81. The number of alkyl halides is 2. The molecule has 2 fully saturated rings. The Bertz CT molecular complexity index is 1540. The predicted molar refractivity (Wildman–Crippen MR) is 142 cm³/mol. The number of ketones is 1. The molecule has 2 amide bonds. The van der Waals surface area contributed by atoms with E-state index < -0.39 is 63.8 Å². The average molecular weight is 617 g/mol. The van der Waals surface area contributed by atoms with E-state index in [1.165, 1.54) is 24.0 Å². The van der Waals surface area contributed by atoms with E-state index >= 15 is 0 Å². The number of rotatable bonds is 7. The number of fused-ring (bicyclic) bond motifs is 1. The fourth-order valence-electron chi connectivity index (χ4n) is 6.00. The van der Waals surface area contributed by atoms with Crippen LogP contribution in [0.4, 0.5) is 18.9 Å². The number of Topliss-reactive ketones (excluding diaryl/α,β-unsaturated/α-hetero) is 1. The van der Waals surface area contributed by atoms with E-state index in [4.69, 9.17) is 11.6 Å². The molecule has 41 heavy (non-hydrogen) atoms. The SMILES string of the molecule is Cc1c(C(=O)C(=O)NC2(C(O)N3CCS(=O)(=O)CC3)CC(F)(F)C2)c2n(c1C(=O)Nc1ccc(F)c(Cl)c1)CCC2. The third kappa shape index (κ3) is 5.49. The first-order valence-electron chi connectivity index (χ1n) is 13.0. The summed E-state index contributed by atoms with van der Waals surface area (Å²) in [4.78, 5) is 41.3. The first-order chi connectivity index (χ1) is 19.1. The molecule has 222 valence electrons. The van der Waals surface area contributed by atoms with Crippen molar-refractivity contribution in [2.45, 2.75) is 56.8 Å².